The first kappa shape index (κ1) is 21.7. The number of fused-ring (bicyclic) bond motifs is 1. The highest BCUT2D eigenvalue weighted by Crippen LogP contribution is 2.25. The predicted molar refractivity (Wildman–Crippen MR) is 112 cm³/mol. The molecular formula is C19H19F2N5O3S2. The zero-order valence-corrected chi connectivity index (χ0v) is 18.1. The lowest BCUT2D eigenvalue weighted by Crippen LogP contribution is -2.54. The van der Waals surface area contributed by atoms with E-state index in [4.69, 9.17) is 0 Å². The fourth-order valence-electron chi connectivity index (χ4n) is 3.46. The number of benzene rings is 2. The first-order chi connectivity index (χ1) is 14.8. The molecule has 3 aromatic rings. The van der Waals surface area contributed by atoms with Crippen molar-refractivity contribution in [2.24, 2.45) is 0 Å². The number of nitrogens with one attached hydrogen (secondary N) is 1. The summed E-state index contributed by atoms with van der Waals surface area (Å²) < 4.78 is 62.9. The first-order valence-electron chi connectivity index (χ1n) is 9.49. The number of carbonyl (C=O) groups is 1. The minimum atomic E-state index is -3.77. The van der Waals surface area contributed by atoms with Crippen molar-refractivity contribution >= 4 is 44.4 Å². The molecule has 0 saturated carbocycles. The lowest BCUT2D eigenvalue weighted by atomic mass is 10.2. The van der Waals surface area contributed by atoms with Crippen LogP contribution in [0.1, 0.15) is 6.92 Å². The molecule has 1 aliphatic rings. The van der Waals surface area contributed by atoms with Crippen molar-refractivity contribution < 1.29 is 22.0 Å². The highest BCUT2D eigenvalue weighted by Gasteiger charge is 2.33. The fourth-order valence-corrected chi connectivity index (χ4v) is 5.63. The lowest BCUT2D eigenvalue weighted by molar-refractivity contribution is -0.121. The SMILES string of the molecule is CC(C(=O)Nc1cc(F)ccc1F)N1CCN(S(=O)(=O)c2cccc3nsnc23)CC1. The van der Waals surface area contributed by atoms with Gasteiger partial charge in [-0.25, -0.2) is 17.2 Å². The molecule has 1 atom stereocenters. The molecule has 2 aromatic carbocycles. The Balaban J connectivity index is 1.42. The van der Waals surface area contributed by atoms with Gasteiger partial charge in [-0.05, 0) is 31.2 Å². The predicted octanol–water partition coefficient (Wildman–Crippen LogP) is 2.30. The average Bonchev–Trinajstić information content (AvgIpc) is 3.24. The van der Waals surface area contributed by atoms with Crippen molar-refractivity contribution in [2.45, 2.75) is 17.9 Å². The van der Waals surface area contributed by atoms with E-state index in [1.807, 2.05) is 0 Å². The lowest BCUT2D eigenvalue weighted by Gasteiger charge is -2.36. The maximum absolute atomic E-state index is 13.8. The van der Waals surface area contributed by atoms with Crippen LogP contribution in [0.4, 0.5) is 14.5 Å². The molecule has 12 heteroatoms. The van der Waals surface area contributed by atoms with Crippen LogP contribution in [-0.2, 0) is 14.8 Å². The molecule has 0 aliphatic carbocycles. The zero-order chi connectivity index (χ0) is 22.2. The van der Waals surface area contributed by atoms with E-state index in [1.165, 1.54) is 10.4 Å². The van der Waals surface area contributed by atoms with Crippen molar-refractivity contribution in [3.05, 3.63) is 48.0 Å². The van der Waals surface area contributed by atoms with Crippen molar-refractivity contribution in [3.8, 4) is 0 Å². The van der Waals surface area contributed by atoms with Crippen LogP contribution in [0.15, 0.2) is 41.3 Å². The van der Waals surface area contributed by atoms with Crippen molar-refractivity contribution in [3.63, 3.8) is 0 Å². The number of carbonyl (C=O) groups excluding carboxylic acids is 1. The fraction of sp³-hybridized carbons (Fsp3) is 0.316. The van der Waals surface area contributed by atoms with Crippen molar-refractivity contribution in [2.75, 3.05) is 31.5 Å². The van der Waals surface area contributed by atoms with Gasteiger partial charge < -0.3 is 5.32 Å². The summed E-state index contributed by atoms with van der Waals surface area (Å²) in [7, 11) is -3.77. The van der Waals surface area contributed by atoms with Crippen LogP contribution in [0.5, 0.6) is 0 Å². The largest absolute Gasteiger partial charge is 0.322 e. The third kappa shape index (κ3) is 4.28. The molecule has 164 valence electrons. The van der Waals surface area contributed by atoms with E-state index in [2.05, 4.69) is 14.1 Å². The standard InChI is InChI=1S/C19H19F2N5O3S2/c1-12(19(27)22-16-11-13(20)5-6-14(16)21)25-7-9-26(10-8-25)31(28,29)17-4-2-3-15-18(17)24-30-23-15/h2-6,11-12H,7-10H2,1H3,(H,22,27). The third-order valence-electron chi connectivity index (χ3n) is 5.25. The van der Waals surface area contributed by atoms with Crippen LogP contribution in [0, 0.1) is 11.6 Å². The molecule has 0 bridgehead atoms. The summed E-state index contributed by atoms with van der Waals surface area (Å²) in [4.78, 5) is 14.4. The molecule has 0 radical (unpaired) electrons. The quantitative estimate of drug-likeness (QED) is 0.619. The summed E-state index contributed by atoms with van der Waals surface area (Å²) >= 11 is 0.954. The number of rotatable bonds is 5. The molecule has 1 unspecified atom stereocenters. The van der Waals surface area contributed by atoms with Crippen LogP contribution in [-0.4, -0.2) is 64.5 Å². The number of anilines is 1. The molecule has 1 saturated heterocycles. The second kappa shape index (κ2) is 8.54. The molecule has 4 rings (SSSR count). The molecule has 1 aliphatic heterocycles. The smallest absolute Gasteiger partial charge is 0.245 e. The van der Waals surface area contributed by atoms with Gasteiger partial charge in [0.05, 0.1) is 23.5 Å². The Kier molecular flexibility index (Phi) is 5.97. The molecular weight excluding hydrogens is 448 g/mol. The number of nitrogens with zero attached hydrogens (tertiary/aromatic N) is 4. The van der Waals surface area contributed by atoms with E-state index in [1.54, 1.807) is 24.0 Å². The molecule has 31 heavy (non-hydrogen) atoms. The molecule has 1 fully saturated rings. The number of sulfonamides is 1. The molecule has 1 amide bonds. The van der Waals surface area contributed by atoms with Gasteiger partial charge >= 0.3 is 0 Å². The number of aromatic nitrogens is 2. The van der Waals surface area contributed by atoms with E-state index in [0.717, 1.165) is 29.9 Å². The summed E-state index contributed by atoms with van der Waals surface area (Å²) in [6.45, 7) is 2.62. The summed E-state index contributed by atoms with van der Waals surface area (Å²) in [5.41, 5.74) is 0.641. The second-order valence-electron chi connectivity index (χ2n) is 7.12. The Morgan fingerprint density at radius 2 is 1.87 bits per heavy atom. The van der Waals surface area contributed by atoms with Crippen LogP contribution >= 0.6 is 11.7 Å². The second-order valence-corrected chi connectivity index (χ2v) is 9.55. The van der Waals surface area contributed by atoms with Gasteiger partial charge in [0.15, 0.2) is 0 Å². The van der Waals surface area contributed by atoms with E-state index < -0.39 is 33.6 Å². The Labute approximate surface area is 181 Å². The zero-order valence-electron chi connectivity index (χ0n) is 16.5. The molecule has 0 spiro atoms. The minimum absolute atomic E-state index is 0.111. The van der Waals surface area contributed by atoms with Crippen molar-refractivity contribution in [1.82, 2.24) is 18.0 Å². The summed E-state index contributed by atoms with van der Waals surface area (Å²) in [6.07, 6.45) is 0. The van der Waals surface area contributed by atoms with E-state index >= 15 is 0 Å². The summed E-state index contributed by atoms with van der Waals surface area (Å²) in [6, 6.07) is 7.02. The van der Waals surface area contributed by atoms with Gasteiger partial charge in [-0.1, -0.05) is 6.07 Å². The number of halogens is 2. The van der Waals surface area contributed by atoms with Gasteiger partial charge in [0, 0.05) is 32.2 Å². The van der Waals surface area contributed by atoms with Crippen molar-refractivity contribution in [1.29, 1.82) is 0 Å². The number of amides is 1. The van der Waals surface area contributed by atoms with Gasteiger partial charge in [-0.15, -0.1) is 0 Å². The number of piperazine rings is 1. The maximum Gasteiger partial charge on any atom is 0.245 e. The van der Waals surface area contributed by atoms with Crippen LogP contribution in [0.2, 0.25) is 0 Å². The topological polar surface area (TPSA) is 95.5 Å². The van der Waals surface area contributed by atoms with E-state index in [0.29, 0.717) is 24.1 Å². The monoisotopic (exact) mass is 467 g/mol. The van der Waals surface area contributed by atoms with Gasteiger partial charge in [-0.2, -0.15) is 13.1 Å². The molecule has 1 N–H and O–H groups in total. The van der Waals surface area contributed by atoms with Crippen LogP contribution in [0.3, 0.4) is 0 Å². The van der Waals surface area contributed by atoms with Gasteiger partial charge in [0.1, 0.15) is 27.6 Å². The molecule has 1 aromatic heterocycles. The van der Waals surface area contributed by atoms with E-state index in [9.17, 15) is 22.0 Å². The Morgan fingerprint density at radius 1 is 1.13 bits per heavy atom. The first-order valence-corrected chi connectivity index (χ1v) is 11.7. The minimum Gasteiger partial charge on any atom is -0.322 e. The highest BCUT2D eigenvalue weighted by atomic mass is 32.2. The molecule has 8 nitrogen and oxygen atoms in total. The Bertz CT molecular complexity index is 1230. The normalized spacial score (nSPS) is 17.0. The van der Waals surface area contributed by atoms with Gasteiger partial charge in [0.2, 0.25) is 15.9 Å². The van der Waals surface area contributed by atoms with Gasteiger partial charge in [0.25, 0.3) is 0 Å². The Morgan fingerprint density at radius 3 is 2.61 bits per heavy atom. The molecule has 2 heterocycles. The van der Waals surface area contributed by atoms with Crippen LogP contribution in [0.25, 0.3) is 11.0 Å². The third-order valence-corrected chi connectivity index (χ3v) is 7.73. The average molecular weight is 468 g/mol. The highest BCUT2D eigenvalue weighted by molar-refractivity contribution is 7.89. The van der Waals surface area contributed by atoms with Gasteiger partial charge in [-0.3, -0.25) is 9.69 Å². The maximum atomic E-state index is 13.8. The Hall–Kier alpha value is -2.54. The summed E-state index contributed by atoms with van der Waals surface area (Å²) in [5.74, 6) is -1.89. The summed E-state index contributed by atoms with van der Waals surface area (Å²) in [5, 5.41) is 2.39. The number of hydrogen-bond acceptors (Lipinski definition) is 7. The van der Waals surface area contributed by atoms with E-state index in [-0.39, 0.29) is 23.7 Å². The van der Waals surface area contributed by atoms with Crippen LogP contribution < -0.4 is 5.32 Å². The number of hydrogen-bond donors (Lipinski definition) is 1.